The number of para-hydroxylation sites is 1. The van der Waals surface area contributed by atoms with Gasteiger partial charge in [0.05, 0.1) is 18.6 Å². The Morgan fingerprint density at radius 3 is 2.27 bits per heavy atom. The molecule has 4 amide bonds. The maximum atomic E-state index is 15.1. The maximum Gasteiger partial charge on any atom is 0.293 e. The number of nitrogens with zero attached hydrogens (tertiary/aromatic N) is 1. The van der Waals surface area contributed by atoms with Crippen molar-refractivity contribution in [2.24, 2.45) is 11.8 Å². The number of fused-ring (bicyclic) bond motifs is 3. The van der Waals surface area contributed by atoms with Gasteiger partial charge in [0.25, 0.3) is 5.92 Å². The van der Waals surface area contributed by atoms with Gasteiger partial charge in [-0.05, 0) is 73.4 Å². The number of carbonyl (C=O) groups is 4. The zero-order valence-corrected chi connectivity index (χ0v) is 32.5. The molecule has 1 aromatic heterocycles. The summed E-state index contributed by atoms with van der Waals surface area (Å²) in [6.07, 6.45) is 5.92. The van der Waals surface area contributed by atoms with E-state index < -0.39 is 35.4 Å². The Bertz CT molecular complexity index is 1900. The molecule has 1 aliphatic heterocycles. The summed E-state index contributed by atoms with van der Waals surface area (Å²) in [6, 6.07) is 10.1. The molecule has 5 N–H and O–H groups in total. The van der Waals surface area contributed by atoms with Crippen molar-refractivity contribution in [3.8, 4) is 0 Å². The first-order valence-electron chi connectivity index (χ1n) is 19.5. The van der Waals surface area contributed by atoms with Gasteiger partial charge in [0.15, 0.2) is 0 Å². The molecule has 2 heterocycles. The van der Waals surface area contributed by atoms with E-state index in [1.807, 2.05) is 52.0 Å². The minimum absolute atomic E-state index is 0.0214. The van der Waals surface area contributed by atoms with E-state index in [0.717, 1.165) is 37.1 Å². The molecule has 12 heteroatoms. The van der Waals surface area contributed by atoms with Gasteiger partial charge in [-0.2, -0.15) is 8.78 Å². The van der Waals surface area contributed by atoms with Crippen LogP contribution in [0, 0.1) is 11.8 Å². The summed E-state index contributed by atoms with van der Waals surface area (Å²) in [7, 11) is 0. The number of carbonyl (C=O) groups excluding carboxylic acids is 4. The fourth-order valence-electron chi connectivity index (χ4n) is 7.75. The number of allylic oxidation sites excluding steroid dienone is 1. The van der Waals surface area contributed by atoms with Gasteiger partial charge in [0, 0.05) is 23.1 Å². The lowest BCUT2D eigenvalue weighted by atomic mass is 9.78. The highest BCUT2D eigenvalue weighted by Gasteiger charge is 2.47. The number of hydrogen-bond acceptors (Lipinski definition) is 5. The number of hydrogen-bond donors (Lipinski definition) is 5. The highest BCUT2D eigenvalue weighted by Crippen LogP contribution is 2.40. The molecule has 2 aliphatic rings. The van der Waals surface area contributed by atoms with E-state index in [2.05, 4.69) is 44.3 Å². The van der Waals surface area contributed by atoms with Gasteiger partial charge in [-0.3, -0.25) is 24.1 Å². The van der Waals surface area contributed by atoms with Crippen LogP contribution in [-0.4, -0.2) is 70.9 Å². The highest BCUT2D eigenvalue weighted by molar-refractivity contribution is 5.99. The van der Waals surface area contributed by atoms with Gasteiger partial charge in [0.2, 0.25) is 23.6 Å². The van der Waals surface area contributed by atoms with Crippen molar-refractivity contribution in [2.45, 2.75) is 103 Å². The normalized spacial score (nSPS) is 19.4. The second kappa shape index (κ2) is 17.7. The summed E-state index contributed by atoms with van der Waals surface area (Å²) >= 11 is 0. The lowest BCUT2D eigenvalue weighted by Crippen LogP contribution is -2.67. The van der Waals surface area contributed by atoms with Crippen molar-refractivity contribution in [2.75, 3.05) is 19.8 Å². The highest BCUT2D eigenvalue weighted by atomic mass is 19.3. The topological polar surface area (TPSA) is 135 Å². The third kappa shape index (κ3) is 9.18. The lowest BCUT2D eigenvalue weighted by Gasteiger charge is -2.40. The Labute approximate surface area is 323 Å². The van der Waals surface area contributed by atoms with Crippen molar-refractivity contribution >= 4 is 40.6 Å². The first-order valence-corrected chi connectivity index (χ1v) is 19.5. The molecule has 0 saturated carbocycles. The molecule has 296 valence electrons. The van der Waals surface area contributed by atoms with E-state index in [4.69, 9.17) is 0 Å². The summed E-state index contributed by atoms with van der Waals surface area (Å²) in [5.74, 6) is -5.64. The maximum absolute atomic E-state index is 15.1. The summed E-state index contributed by atoms with van der Waals surface area (Å²) < 4.78 is 30.1. The van der Waals surface area contributed by atoms with Gasteiger partial charge >= 0.3 is 0 Å². The molecule has 3 aromatic rings. The number of rotatable bonds is 17. The molecule has 0 bridgehead atoms. The number of aryl methyl sites for hydroxylation is 1. The Kier molecular flexibility index (Phi) is 13.3. The second-order valence-electron chi connectivity index (χ2n) is 15.3. The van der Waals surface area contributed by atoms with Gasteiger partial charge in [-0.1, -0.05) is 102 Å². The zero-order valence-electron chi connectivity index (χ0n) is 32.5. The Morgan fingerprint density at radius 2 is 1.62 bits per heavy atom. The van der Waals surface area contributed by atoms with E-state index in [0.29, 0.717) is 42.2 Å². The van der Waals surface area contributed by atoms with Crippen molar-refractivity contribution < 1.29 is 28.0 Å². The predicted molar refractivity (Wildman–Crippen MR) is 212 cm³/mol. The number of aromatic nitrogens is 1. The monoisotopic (exact) mass is 758 g/mol. The predicted octanol–water partition coefficient (Wildman–Crippen LogP) is 5.91. The molecule has 5 rings (SSSR count). The van der Waals surface area contributed by atoms with E-state index in [1.54, 1.807) is 18.2 Å². The zero-order chi connectivity index (χ0) is 39.9. The second-order valence-corrected chi connectivity index (χ2v) is 15.3. The SMILES string of the molecule is C=Cc1ccccc1CC(=O)N[C@H](C(=O)N[C@]1(C(=O)N[C@H](C(=O)NCN2CCCC2)C(C)CC)CCc2[nH]c3c(C(F)(F)C=C)cccc3c2C1)C(C)CC. The van der Waals surface area contributed by atoms with Crippen LogP contribution in [0.2, 0.25) is 0 Å². The number of H-pyrrole nitrogens is 1. The van der Waals surface area contributed by atoms with Crippen LogP contribution in [0.25, 0.3) is 17.0 Å². The van der Waals surface area contributed by atoms with Crippen molar-refractivity contribution in [3.05, 3.63) is 89.6 Å². The molecule has 0 spiro atoms. The van der Waals surface area contributed by atoms with Crippen molar-refractivity contribution in [1.82, 2.24) is 31.2 Å². The summed E-state index contributed by atoms with van der Waals surface area (Å²) in [4.78, 5) is 61.9. The van der Waals surface area contributed by atoms with Gasteiger partial charge in [-0.15, -0.1) is 0 Å². The minimum atomic E-state index is -3.31. The molecule has 10 nitrogen and oxygen atoms in total. The number of alkyl halides is 2. The third-order valence-electron chi connectivity index (χ3n) is 11.6. The van der Waals surface area contributed by atoms with Crippen molar-refractivity contribution in [3.63, 3.8) is 0 Å². The molecular weight excluding hydrogens is 703 g/mol. The van der Waals surface area contributed by atoms with Crippen LogP contribution in [-0.2, 0) is 44.4 Å². The molecule has 5 atom stereocenters. The van der Waals surface area contributed by atoms with E-state index in [9.17, 15) is 19.2 Å². The van der Waals surface area contributed by atoms with E-state index >= 15 is 8.78 Å². The molecule has 1 aliphatic carbocycles. The van der Waals surface area contributed by atoms with Crippen LogP contribution in [0.4, 0.5) is 8.78 Å². The van der Waals surface area contributed by atoms with Gasteiger partial charge < -0.3 is 26.3 Å². The molecule has 0 radical (unpaired) electrons. The fraction of sp³-hybridized carbons (Fsp3) is 0.488. The Morgan fingerprint density at radius 1 is 0.945 bits per heavy atom. The van der Waals surface area contributed by atoms with Crippen LogP contribution < -0.4 is 21.3 Å². The van der Waals surface area contributed by atoms with Crippen LogP contribution in [0.5, 0.6) is 0 Å². The molecular formula is C43H56F2N6O4. The molecule has 1 saturated heterocycles. The largest absolute Gasteiger partial charge is 0.358 e. The van der Waals surface area contributed by atoms with Crippen LogP contribution in [0.1, 0.15) is 87.7 Å². The Hall–Kier alpha value is -4.84. The minimum Gasteiger partial charge on any atom is -0.358 e. The number of benzene rings is 2. The number of halogens is 2. The lowest BCUT2D eigenvalue weighted by molar-refractivity contribution is -0.139. The number of likely N-dealkylation sites (tertiary alicyclic amines) is 1. The van der Waals surface area contributed by atoms with Crippen molar-refractivity contribution in [1.29, 1.82) is 0 Å². The van der Waals surface area contributed by atoms with Crippen LogP contribution in [0.15, 0.2) is 61.7 Å². The Balaban J connectivity index is 1.49. The standard InChI is InChI=1S/C43H56F2N6O4/c1-7-27(5)36(39(53)46-26-51-22-13-14-23-51)49-41(55)42(21-20-34-32(25-42)31-18-15-19-33(38(31)47-34)43(44,45)10-4)50-40(54)37(28(6)8-2)48-35(52)24-30-17-12-11-16-29(30)9-3/h9-12,15-19,27-28,36-37,47H,3-4,7-8,13-14,20-26H2,1-2,5-6H3,(H,46,53)(H,48,52)(H,49,55)(H,50,54)/t27?,28?,36-,37-,42+/m0/s1. The molecule has 1 fully saturated rings. The van der Waals surface area contributed by atoms with Gasteiger partial charge in [0.1, 0.15) is 17.6 Å². The fourth-order valence-corrected chi connectivity index (χ4v) is 7.75. The summed E-state index contributed by atoms with van der Waals surface area (Å²) in [6.45, 7) is 16.9. The first kappa shape index (κ1) is 41.3. The summed E-state index contributed by atoms with van der Waals surface area (Å²) in [5.41, 5.74) is 1.30. The van der Waals surface area contributed by atoms with Crippen LogP contribution in [0.3, 0.4) is 0 Å². The van der Waals surface area contributed by atoms with Crippen LogP contribution >= 0.6 is 0 Å². The quantitative estimate of drug-likeness (QED) is 0.109. The van der Waals surface area contributed by atoms with Gasteiger partial charge in [-0.25, -0.2) is 0 Å². The molecule has 2 aromatic carbocycles. The average Bonchev–Trinajstić information content (AvgIpc) is 3.85. The smallest absolute Gasteiger partial charge is 0.293 e. The summed E-state index contributed by atoms with van der Waals surface area (Å²) in [5, 5.41) is 12.5. The molecule has 55 heavy (non-hydrogen) atoms. The molecule has 2 unspecified atom stereocenters. The van der Waals surface area contributed by atoms with E-state index in [1.165, 1.54) is 6.07 Å². The number of aromatic amines is 1. The number of amides is 4. The number of nitrogens with one attached hydrogen (secondary N) is 5. The average molecular weight is 759 g/mol. The third-order valence-corrected chi connectivity index (χ3v) is 11.6. The first-order chi connectivity index (χ1) is 26.3. The van der Waals surface area contributed by atoms with E-state index in [-0.39, 0.29) is 60.4 Å².